The lowest BCUT2D eigenvalue weighted by molar-refractivity contribution is -0.130. The molecule has 2 heterocycles. The zero-order chi connectivity index (χ0) is 21.8. The summed E-state index contributed by atoms with van der Waals surface area (Å²) in [5.74, 6) is -0.504. The fourth-order valence-corrected chi connectivity index (χ4v) is 5.77. The Morgan fingerprint density at radius 3 is 2.48 bits per heavy atom. The topological polar surface area (TPSA) is 105 Å². The fraction of sp³-hybridized carbons (Fsp3) is 0.636. The molecule has 1 saturated carbocycles. The molecule has 1 aliphatic carbocycles. The van der Waals surface area contributed by atoms with Crippen molar-refractivity contribution < 1.29 is 22.7 Å². The minimum atomic E-state index is -3.63. The first-order chi connectivity index (χ1) is 14.9. The number of nitrogens with one attached hydrogen (secondary N) is 2. The molecule has 31 heavy (non-hydrogen) atoms. The third-order valence-corrected chi connectivity index (χ3v) is 7.94. The van der Waals surface area contributed by atoms with Crippen LogP contribution < -0.4 is 10.0 Å². The van der Waals surface area contributed by atoms with Crippen molar-refractivity contribution in [3.63, 3.8) is 0 Å². The molecule has 0 bridgehead atoms. The van der Waals surface area contributed by atoms with Gasteiger partial charge in [0.1, 0.15) is 0 Å². The molecule has 2 amide bonds. The summed E-state index contributed by atoms with van der Waals surface area (Å²) in [7, 11) is -3.63. The number of nitrogens with zero attached hydrogens (tertiary/aromatic N) is 1. The molecular formula is C22H31N3O5S. The summed E-state index contributed by atoms with van der Waals surface area (Å²) < 4.78 is 32.9. The number of carbonyl (C=O) groups is 2. The molecule has 0 aromatic heterocycles. The van der Waals surface area contributed by atoms with E-state index in [4.69, 9.17) is 4.74 Å². The Bertz CT molecular complexity index is 890. The lowest BCUT2D eigenvalue weighted by Crippen LogP contribution is -2.38. The molecule has 170 valence electrons. The average molecular weight is 450 g/mol. The van der Waals surface area contributed by atoms with Crippen molar-refractivity contribution in [2.24, 2.45) is 5.92 Å². The summed E-state index contributed by atoms with van der Waals surface area (Å²) in [6.45, 7) is 1.40. The number of hydrogen-bond acceptors (Lipinski definition) is 5. The molecule has 0 unspecified atom stereocenters. The quantitative estimate of drug-likeness (QED) is 0.664. The van der Waals surface area contributed by atoms with Crippen molar-refractivity contribution in [1.82, 2.24) is 9.62 Å². The van der Waals surface area contributed by atoms with Crippen molar-refractivity contribution in [3.05, 3.63) is 24.3 Å². The number of rotatable bonds is 7. The van der Waals surface area contributed by atoms with Crippen LogP contribution in [-0.4, -0.2) is 57.0 Å². The highest BCUT2D eigenvalue weighted by Crippen LogP contribution is 2.29. The first-order valence-electron chi connectivity index (χ1n) is 11.2. The van der Waals surface area contributed by atoms with Gasteiger partial charge in [0.05, 0.1) is 16.9 Å². The summed E-state index contributed by atoms with van der Waals surface area (Å²) in [6, 6.07) is 6.37. The first-order valence-corrected chi connectivity index (χ1v) is 12.7. The number of sulfonamides is 1. The monoisotopic (exact) mass is 449 g/mol. The zero-order valence-electron chi connectivity index (χ0n) is 17.7. The van der Waals surface area contributed by atoms with E-state index in [1.165, 1.54) is 18.6 Å². The number of hydrogen-bond donors (Lipinski definition) is 2. The Morgan fingerprint density at radius 1 is 1.06 bits per heavy atom. The van der Waals surface area contributed by atoms with Crippen molar-refractivity contribution in [3.8, 4) is 0 Å². The van der Waals surface area contributed by atoms with E-state index in [1.54, 1.807) is 12.1 Å². The van der Waals surface area contributed by atoms with Gasteiger partial charge in [0, 0.05) is 37.8 Å². The van der Waals surface area contributed by atoms with E-state index in [1.807, 2.05) is 4.90 Å². The Hall–Kier alpha value is -1.97. The second kappa shape index (κ2) is 9.67. The largest absolute Gasteiger partial charge is 0.377 e. The molecule has 3 aliphatic rings. The van der Waals surface area contributed by atoms with Crippen LogP contribution >= 0.6 is 0 Å². The number of amides is 2. The summed E-state index contributed by atoms with van der Waals surface area (Å²) in [5, 5.41) is 2.83. The number of benzene rings is 1. The maximum atomic E-state index is 12.7. The smallest absolute Gasteiger partial charge is 0.240 e. The Labute approximate surface area is 183 Å². The van der Waals surface area contributed by atoms with E-state index in [-0.39, 0.29) is 47.7 Å². The van der Waals surface area contributed by atoms with Crippen LogP contribution in [0.2, 0.25) is 0 Å². The lowest BCUT2D eigenvalue weighted by atomic mass is 9.94. The maximum Gasteiger partial charge on any atom is 0.240 e. The predicted molar refractivity (Wildman–Crippen MR) is 116 cm³/mol. The molecule has 0 radical (unpaired) electrons. The second-order valence-corrected chi connectivity index (χ2v) is 10.5. The van der Waals surface area contributed by atoms with Crippen LogP contribution in [-0.2, 0) is 24.3 Å². The summed E-state index contributed by atoms with van der Waals surface area (Å²) in [5.41, 5.74) is 0.520. The van der Waals surface area contributed by atoms with Gasteiger partial charge in [-0.05, 0) is 49.9 Å². The number of ether oxygens (including phenoxy) is 1. The molecular weight excluding hydrogens is 418 g/mol. The third-order valence-electron chi connectivity index (χ3n) is 6.50. The van der Waals surface area contributed by atoms with Gasteiger partial charge in [-0.3, -0.25) is 9.59 Å². The molecule has 2 saturated heterocycles. The van der Waals surface area contributed by atoms with Gasteiger partial charge in [-0.25, -0.2) is 13.1 Å². The molecule has 4 rings (SSSR count). The van der Waals surface area contributed by atoms with Gasteiger partial charge >= 0.3 is 0 Å². The van der Waals surface area contributed by atoms with Crippen LogP contribution in [0.4, 0.5) is 5.69 Å². The maximum absolute atomic E-state index is 12.7. The third kappa shape index (κ3) is 5.45. The molecule has 1 aromatic rings. The molecule has 3 fully saturated rings. The van der Waals surface area contributed by atoms with Crippen LogP contribution in [0.15, 0.2) is 29.2 Å². The highest BCUT2D eigenvalue weighted by atomic mass is 32.2. The van der Waals surface area contributed by atoms with Gasteiger partial charge in [-0.15, -0.1) is 0 Å². The molecule has 1 aromatic carbocycles. The number of anilines is 1. The van der Waals surface area contributed by atoms with E-state index >= 15 is 0 Å². The summed E-state index contributed by atoms with van der Waals surface area (Å²) in [4.78, 5) is 27.1. The standard InChI is InChI=1S/C22H31N3O5S/c26-21-13-16(15-25(21)18-5-2-1-3-6-18)22(27)24-17-8-10-20(11-9-17)31(28,29)23-14-19-7-4-12-30-19/h8-11,16,18-19,23H,1-7,12-15H2,(H,24,27)/t16-,19-/m1/s1. The number of carbonyl (C=O) groups excluding carboxylic acids is 2. The van der Waals surface area contributed by atoms with Gasteiger partial charge in [-0.1, -0.05) is 19.3 Å². The molecule has 8 nitrogen and oxygen atoms in total. The van der Waals surface area contributed by atoms with Gasteiger partial charge in [0.25, 0.3) is 0 Å². The minimum Gasteiger partial charge on any atom is -0.377 e. The fourth-order valence-electron chi connectivity index (χ4n) is 4.71. The van der Waals surface area contributed by atoms with E-state index < -0.39 is 10.0 Å². The Kier molecular flexibility index (Phi) is 6.93. The average Bonchev–Trinajstić information content (AvgIpc) is 3.43. The highest BCUT2D eigenvalue weighted by Gasteiger charge is 2.38. The summed E-state index contributed by atoms with van der Waals surface area (Å²) in [6.07, 6.45) is 7.52. The molecule has 2 aliphatic heterocycles. The lowest BCUT2D eigenvalue weighted by Gasteiger charge is -2.31. The SMILES string of the molecule is O=C(Nc1ccc(S(=O)(=O)NC[C@H]2CCCO2)cc1)[C@@H]1CC(=O)N(C2CCCCC2)C1. The van der Waals surface area contributed by atoms with Gasteiger partial charge in [0.15, 0.2) is 0 Å². The van der Waals surface area contributed by atoms with E-state index in [0.717, 1.165) is 38.5 Å². The van der Waals surface area contributed by atoms with Crippen LogP contribution in [0.1, 0.15) is 51.4 Å². The summed E-state index contributed by atoms with van der Waals surface area (Å²) >= 11 is 0. The molecule has 2 N–H and O–H groups in total. The van der Waals surface area contributed by atoms with E-state index in [2.05, 4.69) is 10.0 Å². The normalized spacial score (nSPS) is 25.2. The van der Waals surface area contributed by atoms with Crippen molar-refractivity contribution in [2.45, 2.75) is 68.4 Å². The predicted octanol–water partition coefficient (Wildman–Crippen LogP) is 2.26. The first kappa shape index (κ1) is 22.2. The van der Waals surface area contributed by atoms with Crippen LogP contribution in [0, 0.1) is 5.92 Å². The number of likely N-dealkylation sites (tertiary alicyclic amines) is 1. The van der Waals surface area contributed by atoms with Crippen molar-refractivity contribution in [1.29, 1.82) is 0 Å². The zero-order valence-corrected chi connectivity index (χ0v) is 18.5. The van der Waals surface area contributed by atoms with Crippen molar-refractivity contribution >= 4 is 27.5 Å². The second-order valence-electron chi connectivity index (χ2n) is 8.74. The highest BCUT2D eigenvalue weighted by molar-refractivity contribution is 7.89. The van der Waals surface area contributed by atoms with Gasteiger partial charge in [0.2, 0.25) is 21.8 Å². The van der Waals surface area contributed by atoms with Crippen LogP contribution in [0.3, 0.4) is 0 Å². The molecule has 2 atom stereocenters. The Balaban J connectivity index is 1.31. The molecule has 0 spiro atoms. The van der Waals surface area contributed by atoms with E-state index in [9.17, 15) is 18.0 Å². The minimum absolute atomic E-state index is 0.0609. The van der Waals surface area contributed by atoms with Crippen molar-refractivity contribution in [2.75, 3.05) is 25.0 Å². The Morgan fingerprint density at radius 2 is 1.81 bits per heavy atom. The van der Waals surface area contributed by atoms with Gasteiger partial charge < -0.3 is 15.0 Å². The van der Waals surface area contributed by atoms with Crippen LogP contribution in [0.25, 0.3) is 0 Å². The van der Waals surface area contributed by atoms with E-state index in [0.29, 0.717) is 18.8 Å². The molecule has 9 heteroatoms. The van der Waals surface area contributed by atoms with Crippen LogP contribution in [0.5, 0.6) is 0 Å². The van der Waals surface area contributed by atoms with Gasteiger partial charge in [-0.2, -0.15) is 0 Å².